The number of aryl methyl sites for hydroxylation is 1. The number of rotatable bonds is 7. The molecule has 1 aliphatic rings. The van der Waals surface area contributed by atoms with Gasteiger partial charge in [-0.3, -0.25) is 0 Å². The zero-order valence-corrected chi connectivity index (χ0v) is 14.2. The number of methoxy groups -OCH3 is 1. The minimum atomic E-state index is -3.37. The number of hydrogen-bond acceptors (Lipinski definition) is 6. The first-order valence-electron chi connectivity index (χ1n) is 7.16. The van der Waals surface area contributed by atoms with Crippen molar-refractivity contribution in [3.8, 4) is 0 Å². The number of nitrogens with zero attached hydrogens (tertiary/aromatic N) is 2. The van der Waals surface area contributed by atoms with Crippen LogP contribution in [0.1, 0.15) is 17.8 Å². The van der Waals surface area contributed by atoms with Gasteiger partial charge in [0, 0.05) is 26.7 Å². The molecular weight excluding hydrogens is 310 g/mol. The van der Waals surface area contributed by atoms with Crippen LogP contribution in [0.5, 0.6) is 0 Å². The number of thiazole rings is 1. The van der Waals surface area contributed by atoms with E-state index in [1.165, 1.54) is 17.5 Å². The molecule has 1 aliphatic heterocycles. The molecule has 8 heteroatoms. The van der Waals surface area contributed by atoms with E-state index in [-0.39, 0.29) is 0 Å². The van der Waals surface area contributed by atoms with Gasteiger partial charge in [0.15, 0.2) is 4.21 Å². The average Bonchev–Trinajstić information content (AvgIpc) is 2.91. The van der Waals surface area contributed by atoms with Crippen LogP contribution in [0.2, 0.25) is 0 Å². The van der Waals surface area contributed by atoms with Gasteiger partial charge >= 0.3 is 0 Å². The summed E-state index contributed by atoms with van der Waals surface area (Å²) in [6, 6.07) is 0. The molecule has 1 saturated heterocycles. The molecule has 1 unspecified atom stereocenters. The van der Waals surface area contributed by atoms with Crippen LogP contribution < -0.4 is 5.32 Å². The molecule has 0 radical (unpaired) electrons. The number of nitrogens with one attached hydrogen (secondary N) is 1. The second-order valence-electron chi connectivity index (χ2n) is 5.27. The standard InChI is InChI=1S/C13H23N3O3S2/c1-11-15-9-13(20-11)21(17,18)16-6-3-4-12(10-16)8-14-5-7-19-2/h9,12,14H,3-8,10H2,1-2H3. The quantitative estimate of drug-likeness (QED) is 0.756. The summed E-state index contributed by atoms with van der Waals surface area (Å²) in [5, 5.41) is 4.10. The highest BCUT2D eigenvalue weighted by molar-refractivity contribution is 7.91. The van der Waals surface area contributed by atoms with E-state index in [1.807, 2.05) is 6.92 Å². The number of hydrogen-bond donors (Lipinski definition) is 1. The maximum atomic E-state index is 12.6. The van der Waals surface area contributed by atoms with Crippen molar-refractivity contribution in [1.82, 2.24) is 14.6 Å². The lowest BCUT2D eigenvalue weighted by Gasteiger charge is -2.31. The van der Waals surface area contributed by atoms with E-state index in [2.05, 4.69) is 10.3 Å². The first-order valence-corrected chi connectivity index (χ1v) is 9.42. The summed E-state index contributed by atoms with van der Waals surface area (Å²) in [4.78, 5) is 4.05. The Labute approximate surface area is 130 Å². The fraction of sp³-hybridized carbons (Fsp3) is 0.769. The zero-order chi connectivity index (χ0) is 15.3. The molecule has 6 nitrogen and oxygen atoms in total. The first kappa shape index (κ1) is 16.8. The molecule has 0 spiro atoms. The van der Waals surface area contributed by atoms with Crippen LogP contribution in [0, 0.1) is 12.8 Å². The van der Waals surface area contributed by atoms with Crippen molar-refractivity contribution < 1.29 is 13.2 Å². The second-order valence-corrected chi connectivity index (χ2v) is 8.67. The molecule has 1 aromatic heterocycles. The van der Waals surface area contributed by atoms with Gasteiger partial charge in [0.25, 0.3) is 10.0 Å². The Balaban J connectivity index is 1.94. The van der Waals surface area contributed by atoms with Crippen molar-refractivity contribution in [1.29, 1.82) is 0 Å². The van der Waals surface area contributed by atoms with Crippen molar-refractivity contribution in [3.05, 3.63) is 11.2 Å². The summed E-state index contributed by atoms with van der Waals surface area (Å²) >= 11 is 1.24. The van der Waals surface area contributed by atoms with Gasteiger partial charge in [0.05, 0.1) is 17.8 Å². The first-order chi connectivity index (χ1) is 10.0. The summed E-state index contributed by atoms with van der Waals surface area (Å²) in [5.41, 5.74) is 0. The van der Waals surface area contributed by atoms with Crippen molar-refractivity contribution in [2.24, 2.45) is 5.92 Å². The van der Waals surface area contributed by atoms with Gasteiger partial charge in [-0.25, -0.2) is 13.4 Å². The van der Waals surface area contributed by atoms with E-state index >= 15 is 0 Å². The molecular formula is C13H23N3O3S2. The van der Waals surface area contributed by atoms with E-state index in [0.29, 0.717) is 29.8 Å². The topological polar surface area (TPSA) is 71.5 Å². The molecule has 1 N–H and O–H groups in total. The third-order valence-electron chi connectivity index (χ3n) is 3.59. The molecule has 1 aromatic rings. The van der Waals surface area contributed by atoms with E-state index in [4.69, 9.17) is 4.74 Å². The summed E-state index contributed by atoms with van der Waals surface area (Å²) in [6.45, 7) is 5.31. The van der Waals surface area contributed by atoms with Gasteiger partial charge in [-0.1, -0.05) is 0 Å². The van der Waals surface area contributed by atoms with Gasteiger partial charge in [-0.15, -0.1) is 11.3 Å². The number of sulfonamides is 1. The Hall–Kier alpha value is -0.540. The highest BCUT2D eigenvalue weighted by atomic mass is 32.2. The van der Waals surface area contributed by atoms with Gasteiger partial charge in [0.2, 0.25) is 0 Å². The van der Waals surface area contributed by atoms with E-state index < -0.39 is 10.0 Å². The van der Waals surface area contributed by atoms with Crippen LogP contribution >= 0.6 is 11.3 Å². The predicted octanol–water partition coefficient (Wildman–Crippen LogP) is 1.09. The van der Waals surface area contributed by atoms with Crippen LogP contribution in [0.3, 0.4) is 0 Å². The highest BCUT2D eigenvalue weighted by Crippen LogP contribution is 2.26. The Kier molecular flexibility index (Phi) is 6.12. The van der Waals surface area contributed by atoms with E-state index in [1.54, 1.807) is 11.4 Å². The third-order valence-corrected chi connectivity index (χ3v) is 6.81. The smallest absolute Gasteiger partial charge is 0.254 e. The van der Waals surface area contributed by atoms with Crippen LogP contribution in [-0.2, 0) is 14.8 Å². The largest absolute Gasteiger partial charge is 0.383 e. The van der Waals surface area contributed by atoms with Crippen molar-refractivity contribution in [3.63, 3.8) is 0 Å². The molecule has 0 bridgehead atoms. The summed E-state index contributed by atoms with van der Waals surface area (Å²) in [6.07, 6.45) is 3.44. The van der Waals surface area contributed by atoms with Gasteiger partial charge in [-0.05, 0) is 32.2 Å². The highest BCUT2D eigenvalue weighted by Gasteiger charge is 2.31. The Morgan fingerprint density at radius 1 is 1.57 bits per heavy atom. The van der Waals surface area contributed by atoms with Crippen molar-refractivity contribution >= 4 is 21.4 Å². The lowest BCUT2D eigenvalue weighted by molar-refractivity contribution is 0.193. The van der Waals surface area contributed by atoms with Gasteiger partial charge in [-0.2, -0.15) is 4.31 Å². The summed E-state index contributed by atoms with van der Waals surface area (Å²) in [5.74, 6) is 0.361. The number of ether oxygens (including phenoxy) is 1. The lowest BCUT2D eigenvalue weighted by atomic mass is 10.00. The van der Waals surface area contributed by atoms with Gasteiger partial charge in [0.1, 0.15) is 0 Å². The molecule has 21 heavy (non-hydrogen) atoms. The van der Waals surface area contributed by atoms with Crippen LogP contribution in [0.15, 0.2) is 10.4 Å². The fourth-order valence-corrected chi connectivity index (χ4v) is 5.30. The number of aromatic nitrogens is 1. The van der Waals surface area contributed by atoms with Crippen LogP contribution in [0.25, 0.3) is 0 Å². The van der Waals surface area contributed by atoms with Gasteiger partial charge < -0.3 is 10.1 Å². The van der Waals surface area contributed by atoms with E-state index in [0.717, 1.165) is 30.9 Å². The Bertz CT molecular complexity index is 545. The molecule has 2 heterocycles. The monoisotopic (exact) mass is 333 g/mol. The molecule has 0 saturated carbocycles. The summed E-state index contributed by atoms with van der Waals surface area (Å²) < 4.78 is 32.1. The predicted molar refractivity (Wildman–Crippen MR) is 83.1 cm³/mol. The minimum Gasteiger partial charge on any atom is -0.383 e. The zero-order valence-electron chi connectivity index (χ0n) is 12.5. The minimum absolute atomic E-state index is 0.355. The molecule has 0 aromatic carbocycles. The molecule has 0 aliphatic carbocycles. The maximum absolute atomic E-state index is 12.6. The number of piperidine rings is 1. The molecule has 2 rings (SSSR count). The third kappa shape index (κ3) is 4.46. The van der Waals surface area contributed by atoms with Crippen LogP contribution in [0.4, 0.5) is 0 Å². The Morgan fingerprint density at radius 2 is 2.38 bits per heavy atom. The van der Waals surface area contributed by atoms with Crippen LogP contribution in [-0.4, -0.2) is 57.6 Å². The molecule has 0 amide bonds. The Morgan fingerprint density at radius 3 is 3.05 bits per heavy atom. The fourth-order valence-electron chi connectivity index (χ4n) is 2.48. The van der Waals surface area contributed by atoms with E-state index in [9.17, 15) is 8.42 Å². The lowest BCUT2D eigenvalue weighted by Crippen LogP contribution is -2.42. The SMILES string of the molecule is COCCNCC1CCCN(S(=O)(=O)c2cnc(C)s2)C1. The maximum Gasteiger partial charge on any atom is 0.254 e. The summed E-state index contributed by atoms with van der Waals surface area (Å²) in [7, 11) is -1.70. The van der Waals surface area contributed by atoms with Crippen molar-refractivity contribution in [2.75, 3.05) is 39.9 Å². The van der Waals surface area contributed by atoms with Crippen molar-refractivity contribution in [2.45, 2.75) is 24.0 Å². The molecule has 1 atom stereocenters. The molecule has 1 fully saturated rings. The second kappa shape index (κ2) is 7.64. The normalized spacial score (nSPS) is 20.8. The molecule has 120 valence electrons. The average molecular weight is 333 g/mol.